The SMILES string of the molecule is C[C@H](OC(=O)CCCNC(=O)c1ccsc1)C(=O)C12CC3CC(CC(C3)C1)C2. The number of amides is 1. The molecule has 0 saturated heterocycles. The highest BCUT2D eigenvalue weighted by Crippen LogP contribution is 2.60. The predicted octanol–water partition coefficient (Wildman–Crippen LogP) is 3.98. The van der Waals surface area contributed by atoms with Crippen LogP contribution < -0.4 is 5.32 Å². The molecule has 5 nitrogen and oxygen atoms in total. The van der Waals surface area contributed by atoms with E-state index in [0.29, 0.717) is 36.3 Å². The van der Waals surface area contributed by atoms with Crippen LogP contribution in [0.4, 0.5) is 0 Å². The largest absolute Gasteiger partial charge is 0.455 e. The van der Waals surface area contributed by atoms with E-state index in [1.54, 1.807) is 18.4 Å². The van der Waals surface area contributed by atoms with Crippen molar-refractivity contribution >= 4 is 29.0 Å². The van der Waals surface area contributed by atoms with E-state index in [4.69, 9.17) is 4.74 Å². The number of hydrogen-bond donors (Lipinski definition) is 1. The summed E-state index contributed by atoms with van der Waals surface area (Å²) >= 11 is 1.47. The third kappa shape index (κ3) is 4.02. The van der Waals surface area contributed by atoms with Crippen LogP contribution in [0.1, 0.15) is 68.6 Å². The predicted molar refractivity (Wildman–Crippen MR) is 107 cm³/mol. The van der Waals surface area contributed by atoms with Gasteiger partial charge in [-0.15, -0.1) is 0 Å². The van der Waals surface area contributed by atoms with Crippen LogP contribution in [-0.2, 0) is 14.3 Å². The lowest BCUT2D eigenvalue weighted by molar-refractivity contribution is -0.165. The van der Waals surface area contributed by atoms with Gasteiger partial charge in [-0.25, -0.2) is 0 Å². The number of carbonyl (C=O) groups is 3. The van der Waals surface area contributed by atoms with Crippen LogP contribution in [-0.4, -0.2) is 30.3 Å². The van der Waals surface area contributed by atoms with Crippen molar-refractivity contribution in [3.05, 3.63) is 22.4 Å². The molecule has 1 N–H and O–H groups in total. The van der Waals surface area contributed by atoms with Crippen LogP contribution in [0.2, 0.25) is 0 Å². The molecule has 4 aliphatic carbocycles. The molecule has 1 heterocycles. The first-order valence-corrected chi connectivity index (χ1v) is 11.4. The zero-order valence-electron chi connectivity index (χ0n) is 16.4. The lowest BCUT2D eigenvalue weighted by atomic mass is 9.48. The number of nitrogens with one attached hydrogen (secondary N) is 1. The summed E-state index contributed by atoms with van der Waals surface area (Å²) < 4.78 is 5.48. The molecule has 1 aromatic heterocycles. The van der Waals surface area contributed by atoms with Gasteiger partial charge >= 0.3 is 5.97 Å². The van der Waals surface area contributed by atoms with Gasteiger partial charge in [-0.05, 0) is 81.1 Å². The molecule has 28 heavy (non-hydrogen) atoms. The summed E-state index contributed by atoms with van der Waals surface area (Å²) in [5.41, 5.74) is 0.408. The molecule has 0 aliphatic heterocycles. The molecule has 1 atom stereocenters. The number of esters is 1. The first kappa shape index (κ1) is 19.6. The summed E-state index contributed by atoms with van der Waals surface area (Å²) in [6.07, 6.45) is 6.91. The molecule has 6 heteroatoms. The molecule has 1 aromatic rings. The first-order chi connectivity index (χ1) is 13.4. The average Bonchev–Trinajstić information content (AvgIpc) is 3.18. The van der Waals surface area contributed by atoms with Crippen molar-refractivity contribution in [2.75, 3.05) is 6.54 Å². The summed E-state index contributed by atoms with van der Waals surface area (Å²) in [4.78, 5) is 37.2. The van der Waals surface area contributed by atoms with Gasteiger partial charge in [0.25, 0.3) is 5.91 Å². The van der Waals surface area contributed by atoms with Gasteiger partial charge < -0.3 is 10.1 Å². The van der Waals surface area contributed by atoms with Gasteiger partial charge in [0.1, 0.15) is 0 Å². The van der Waals surface area contributed by atoms with Crippen LogP contribution in [0.25, 0.3) is 0 Å². The van der Waals surface area contributed by atoms with Gasteiger partial charge in [0, 0.05) is 29.3 Å². The van der Waals surface area contributed by atoms with E-state index in [2.05, 4.69) is 5.32 Å². The summed E-state index contributed by atoms with van der Waals surface area (Å²) in [7, 11) is 0. The van der Waals surface area contributed by atoms with Crippen LogP contribution in [0.5, 0.6) is 0 Å². The van der Waals surface area contributed by atoms with Crippen molar-refractivity contribution < 1.29 is 19.1 Å². The highest BCUT2D eigenvalue weighted by atomic mass is 32.1. The van der Waals surface area contributed by atoms with Gasteiger partial charge in [-0.2, -0.15) is 11.3 Å². The molecule has 152 valence electrons. The third-order valence-electron chi connectivity index (χ3n) is 6.86. The number of carbonyl (C=O) groups excluding carboxylic acids is 3. The molecular weight excluding hydrogens is 374 g/mol. The molecular formula is C22H29NO4S. The second-order valence-corrected chi connectivity index (χ2v) is 9.85. The molecule has 5 rings (SSSR count). The third-order valence-corrected chi connectivity index (χ3v) is 7.55. The highest BCUT2D eigenvalue weighted by Gasteiger charge is 2.55. The molecule has 0 radical (unpaired) electrons. The topological polar surface area (TPSA) is 72.5 Å². The Morgan fingerprint density at radius 2 is 1.82 bits per heavy atom. The first-order valence-electron chi connectivity index (χ1n) is 10.5. The Kier molecular flexibility index (Phi) is 5.59. The number of rotatable bonds is 8. The van der Waals surface area contributed by atoms with Gasteiger partial charge in [0.05, 0.1) is 0 Å². The smallest absolute Gasteiger partial charge is 0.306 e. The molecule has 0 unspecified atom stereocenters. The number of ketones is 1. The molecule has 4 aliphatic rings. The zero-order chi connectivity index (χ0) is 19.7. The molecule has 0 aromatic carbocycles. The summed E-state index contributed by atoms with van der Waals surface area (Å²) in [6, 6.07) is 1.77. The van der Waals surface area contributed by atoms with Crippen LogP contribution in [0, 0.1) is 23.2 Å². The second kappa shape index (κ2) is 7.97. The van der Waals surface area contributed by atoms with Crippen LogP contribution in [0.15, 0.2) is 16.8 Å². The number of ether oxygens (including phenoxy) is 1. The lowest BCUT2D eigenvalue weighted by Gasteiger charge is -2.56. The summed E-state index contributed by atoms with van der Waals surface area (Å²) in [5.74, 6) is 1.76. The van der Waals surface area contributed by atoms with Crippen molar-refractivity contribution in [2.24, 2.45) is 23.2 Å². The van der Waals surface area contributed by atoms with Crippen molar-refractivity contribution in [1.29, 1.82) is 0 Å². The van der Waals surface area contributed by atoms with E-state index < -0.39 is 6.10 Å². The quantitative estimate of drug-likeness (QED) is 0.526. The van der Waals surface area contributed by atoms with Crippen molar-refractivity contribution in [1.82, 2.24) is 5.32 Å². The van der Waals surface area contributed by atoms with Crippen molar-refractivity contribution in [3.8, 4) is 0 Å². The van der Waals surface area contributed by atoms with Gasteiger partial charge in [0.2, 0.25) is 0 Å². The Labute approximate surface area is 170 Å². The minimum atomic E-state index is -0.663. The monoisotopic (exact) mass is 403 g/mol. The van der Waals surface area contributed by atoms with E-state index >= 15 is 0 Å². The van der Waals surface area contributed by atoms with Gasteiger partial charge in [-0.3, -0.25) is 14.4 Å². The van der Waals surface area contributed by atoms with E-state index in [1.165, 1.54) is 30.6 Å². The Hall–Kier alpha value is -1.69. The molecule has 4 bridgehead atoms. The minimum absolute atomic E-state index is 0.125. The molecule has 4 fully saturated rings. The lowest BCUT2D eigenvalue weighted by Crippen LogP contribution is -2.52. The van der Waals surface area contributed by atoms with Crippen LogP contribution in [0.3, 0.4) is 0 Å². The normalized spacial score (nSPS) is 31.4. The fourth-order valence-electron chi connectivity index (χ4n) is 6.08. The van der Waals surface area contributed by atoms with E-state index in [0.717, 1.165) is 19.3 Å². The fourth-order valence-corrected chi connectivity index (χ4v) is 6.72. The molecule has 4 saturated carbocycles. The van der Waals surface area contributed by atoms with Gasteiger partial charge in [0.15, 0.2) is 11.9 Å². The van der Waals surface area contributed by atoms with Crippen molar-refractivity contribution in [3.63, 3.8) is 0 Å². The Morgan fingerprint density at radius 1 is 1.18 bits per heavy atom. The van der Waals surface area contributed by atoms with E-state index in [9.17, 15) is 14.4 Å². The Bertz CT molecular complexity index is 706. The summed E-state index contributed by atoms with van der Waals surface area (Å²) in [5, 5.41) is 6.45. The zero-order valence-corrected chi connectivity index (χ0v) is 17.3. The second-order valence-electron chi connectivity index (χ2n) is 9.07. The highest BCUT2D eigenvalue weighted by molar-refractivity contribution is 7.08. The van der Waals surface area contributed by atoms with Crippen molar-refractivity contribution in [2.45, 2.75) is 64.4 Å². The minimum Gasteiger partial charge on any atom is -0.455 e. The number of thiophene rings is 1. The molecule has 0 spiro atoms. The standard InChI is InChI=1S/C22H29NO4S/c1-14(20(25)22-10-15-7-16(11-22)9-17(8-15)12-22)27-19(24)3-2-5-23-21(26)18-4-6-28-13-18/h4,6,13-17H,2-3,5,7-12H2,1H3,(H,23,26)/t14-,15?,16?,17?,22?/m0/s1. The van der Waals surface area contributed by atoms with E-state index in [-0.39, 0.29) is 29.5 Å². The van der Waals surface area contributed by atoms with Crippen LogP contribution >= 0.6 is 11.3 Å². The maximum Gasteiger partial charge on any atom is 0.306 e. The summed E-state index contributed by atoms with van der Waals surface area (Å²) in [6.45, 7) is 2.15. The number of Topliss-reactive ketones (excluding diaryl/α,β-unsaturated/α-hetero) is 1. The Balaban J connectivity index is 1.21. The molecule has 1 amide bonds. The van der Waals surface area contributed by atoms with E-state index in [1.807, 2.05) is 5.38 Å². The van der Waals surface area contributed by atoms with Gasteiger partial charge in [-0.1, -0.05) is 0 Å². The maximum atomic E-state index is 13.1. The average molecular weight is 404 g/mol. The Morgan fingerprint density at radius 3 is 2.39 bits per heavy atom. The number of hydrogen-bond acceptors (Lipinski definition) is 5. The maximum absolute atomic E-state index is 13.1. The fraction of sp³-hybridized carbons (Fsp3) is 0.682.